The first kappa shape index (κ1) is 20.8. The molecule has 5 rings (SSSR count). The van der Waals surface area contributed by atoms with Crippen LogP contribution in [0.1, 0.15) is 30.3 Å². The number of aliphatic hydroxyl groups excluding tert-OH is 1. The molecular weight excluding hydrogens is 484 g/mol. The monoisotopic (exact) mass is 500 g/mol. The Bertz CT molecular complexity index is 1220. The summed E-state index contributed by atoms with van der Waals surface area (Å²) in [6, 6.07) is 2.07. The highest BCUT2D eigenvalue weighted by Crippen LogP contribution is 2.55. The summed E-state index contributed by atoms with van der Waals surface area (Å²) in [6.07, 6.45) is 3.28. The maximum Gasteiger partial charge on any atom is 0.328 e. The third-order valence-electron chi connectivity index (χ3n) is 6.67. The number of ketones is 2. The van der Waals surface area contributed by atoms with Crippen LogP contribution in [0.25, 0.3) is 0 Å². The largest absolute Gasteiger partial charge is 0.463 e. The van der Waals surface area contributed by atoms with Crippen LogP contribution in [0.3, 0.4) is 0 Å². The molecule has 2 heterocycles. The van der Waals surface area contributed by atoms with Gasteiger partial charge >= 0.3 is 6.03 Å². The number of carbonyl (C=O) groups excluding carboxylic acids is 5. The van der Waals surface area contributed by atoms with Gasteiger partial charge in [-0.1, -0.05) is 11.6 Å². The predicted octanol–water partition coefficient (Wildman–Crippen LogP) is 1.61. The lowest BCUT2D eigenvalue weighted by Crippen LogP contribution is -2.42. The SMILES string of the molecule is NC(=O)N1C(=O)C2CC=C3C(c4ccc(CO)o4)C4=C(CC3C2C1=O)C(=O)C(Br)=CC4=O. The number of furan rings is 1. The molecule has 4 aliphatic rings. The highest BCUT2D eigenvalue weighted by molar-refractivity contribution is 9.12. The zero-order chi connectivity index (χ0) is 22.9. The summed E-state index contributed by atoms with van der Waals surface area (Å²) in [5.41, 5.74) is 6.47. The van der Waals surface area contributed by atoms with E-state index in [0.29, 0.717) is 16.2 Å². The van der Waals surface area contributed by atoms with Crippen LogP contribution in [-0.2, 0) is 25.8 Å². The molecule has 4 atom stereocenters. The van der Waals surface area contributed by atoms with Crippen molar-refractivity contribution in [3.05, 3.63) is 57.0 Å². The molecule has 10 heteroatoms. The molecule has 3 aliphatic carbocycles. The molecule has 0 aromatic carbocycles. The van der Waals surface area contributed by atoms with Crippen LogP contribution in [0.4, 0.5) is 4.79 Å². The van der Waals surface area contributed by atoms with E-state index in [4.69, 9.17) is 10.2 Å². The van der Waals surface area contributed by atoms with E-state index >= 15 is 0 Å². The Labute approximate surface area is 189 Å². The number of Topliss-reactive ketones (excluding diaryl/α,β-unsaturated/α-hetero) is 1. The second kappa shape index (κ2) is 7.21. The molecule has 9 nitrogen and oxygen atoms in total. The fourth-order valence-corrected chi connectivity index (χ4v) is 5.83. The number of nitrogens with two attached hydrogens (primary N) is 1. The van der Waals surface area contributed by atoms with E-state index in [-0.39, 0.29) is 52.4 Å². The fraction of sp³-hybridized carbons (Fsp3) is 0.318. The minimum Gasteiger partial charge on any atom is -0.463 e. The van der Waals surface area contributed by atoms with E-state index < -0.39 is 41.5 Å². The van der Waals surface area contributed by atoms with Crippen molar-refractivity contribution in [1.82, 2.24) is 4.90 Å². The van der Waals surface area contributed by atoms with E-state index in [0.717, 1.165) is 0 Å². The number of rotatable bonds is 2. The smallest absolute Gasteiger partial charge is 0.328 e. The lowest BCUT2D eigenvalue weighted by atomic mass is 9.60. The van der Waals surface area contributed by atoms with Gasteiger partial charge in [0.25, 0.3) is 0 Å². The third-order valence-corrected chi connectivity index (χ3v) is 7.26. The van der Waals surface area contributed by atoms with Crippen LogP contribution in [-0.4, -0.2) is 39.4 Å². The van der Waals surface area contributed by atoms with Gasteiger partial charge in [-0.25, -0.2) is 4.79 Å². The first-order valence-electron chi connectivity index (χ1n) is 10.0. The molecular formula is C22H17BrN2O7. The van der Waals surface area contributed by atoms with Gasteiger partial charge in [0.1, 0.15) is 18.1 Å². The van der Waals surface area contributed by atoms with Gasteiger partial charge in [-0.15, -0.1) is 0 Å². The van der Waals surface area contributed by atoms with Crippen molar-refractivity contribution in [2.24, 2.45) is 23.5 Å². The van der Waals surface area contributed by atoms with Crippen LogP contribution in [0.2, 0.25) is 0 Å². The average molecular weight is 501 g/mol. The molecule has 1 aromatic heterocycles. The summed E-state index contributed by atoms with van der Waals surface area (Å²) in [6.45, 7) is -0.343. The van der Waals surface area contributed by atoms with Gasteiger partial charge in [0, 0.05) is 17.2 Å². The van der Waals surface area contributed by atoms with E-state index in [1.165, 1.54) is 6.08 Å². The number of urea groups is 1. The fourth-order valence-electron chi connectivity index (χ4n) is 5.39. The lowest BCUT2D eigenvalue weighted by molar-refractivity contribution is -0.136. The number of amides is 4. The molecule has 4 unspecified atom stereocenters. The number of halogens is 1. The van der Waals surface area contributed by atoms with Crippen molar-refractivity contribution in [3.8, 4) is 0 Å². The molecule has 0 radical (unpaired) electrons. The normalized spacial score (nSPS) is 29.5. The maximum absolute atomic E-state index is 13.0. The number of hydrogen-bond acceptors (Lipinski definition) is 7. The highest BCUT2D eigenvalue weighted by Gasteiger charge is 2.57. The molecule has 1 fully saturated rings. The Morgan fingerprint density at radius 3 is 2.59 bits per heavy atom. The Kier molecular flexibility index (Phi) is 4.68. The number of carbonyl (C=O) groups is 5. The van der Waals surface area contributed by atoms with E-state index in [1.54, 1.807) is 18.2 Å². The number of imide groups is 3. The second-order valence-electron chi connectivity index (χ2n) is 8.21. The van der Waals surface area contributed by atoms with Gasteiger partial charge < -0.3 is 15.3 Å². The van der Waals surface area contributed by atoms with Crippen molar-refractivity contribution < 1.29 is 33.5 Å². The van der Waals surface area contributed by atoms with Crippen LogP contribution >= 0.6 is 15.9 Å². The van der Waals surface area contributed by atoms with E-state index in [9.17, 15) is 29.1 Å². The second-order valence-corrected chi connectivity index (χ2v) is 9.06. The zero-order valence-corrected chi connectivity index (χ0v) is 18.1. The van der Waals surface area contributed by atoms with Gasteiger partial charge in [0.15, 0.2) is 11.6 Å². The molecule has 4 amide bonds. The predicted molar refractivity (Wildman–Crippen MR) is 111 cm³/mol. The molecule has 1 aromatic rings. The van der Waals surface area contributed by atoms with Crippen molar-refractivity contribution in [2.75, 3.05) is 0 Å². The first-order chi connectivity index (χ1) is 15.2. The Balaban J connectivity index is 1.68. The standard InChI is InChI=1S/C22H17BrN2O7/c23-13-6-14(27)17-12(19(13)28)5-11-9(18(17)15-4-1-8(7-26)32-15)2-3-10-16(11)21(30)25(20(10)29)22(24)31/h1-2,4,6,10-11,16,18,26H,3,5,7H2,(H2,24,31). The number of fused-ring (bicyclic) bond motifs is 3. The average Bonchev–Trinajstić information content (AvgIpc) is 3.33. The summed E-state index contributed by atoms with van der Waals surface area (Å²) < 4.78 is 5.86. The van der Waals surface area contributed by atoms with Gasteiger partial charge in [-0.2, -0.15) is 4.90 Å². The highest BCUT2D eigenvalue weighted by atomic mass is 79.9. The number of likely N-dealkylation sites (tertiary alicyclic amines) is 1. The number of aliphatic hydroxyl groups is 1. The lowest BCUT2D eigenvalue weighted by Gasteiger charge is -2.41. The molecule has 164 valence electrons. The Hall–Kier alpha value is -3.11. The minimum atomic E-state index is -1.13. The molecule has 0 bridgehead atoms. The molecule has 32 heavy (non-hydrogen) atoms. The summed E-state index contributed by atoms with van der Waals surface area (Å²) in [7, 11) is 0. The number of nitrogens with zero attached hydrogens (tertiary/aromatic N) is 1. The molecule has 0 saturated carbocycles. The maximum atomic E-state index is 13.0. The Morgan fingerprint density at radius 2 is 1.94 bits per heavy atom. The Morgan fingerprint density at radius 1 is 1.19 bits per heavy atom. The van der Waals surface area contributed by atoms with Gasteiger partial charge in [-0.05, 0) is 46.8 Å². The third kappa shape index (κ3) is 2.75. The minimum absolute atomic E-state index is 0.0749. The first-order valence-corrected chi connectivity index (χ1v) is 10.8. The molecule has 0 spiro atoms. The van der Waals surface area contributed by atoms with Crippen molar-refractivity contribution >= 4 is 45.3 Å². The van der Waals surface area contributed by atoms with E-state index in [1.807, 2.05) is 0 Å². The summed E-state index contributed by atoms with van der Waals surface area (Å²) in [5, 5.41) is 9.42. The number of primary amides is 1. The zero-order valence-electron chi connectivity index (χ0n) is 16.5. The van der Waals surface area contributed by atoms with Crippen molar-refractivity contribution in [2.45, 2.75) is 25.4 Å². The molecule has 3 N–H and O–H groups in total. The molecule has 1 aliphatic heterocycles. The molecule has 1 saturated heterocycles. The quantitative estimate of drug-likeness (QED) is 0.356. The number of hydrogen-bond donors (Lipinski definition) is 2. The topological polar surface area (TPSA) is 148 Å². The van der Waals surface area contributed by atoms with E-state index in [2.05, 4.69) is 15.9 Å². The van der Waals surface area contributed by atoms with Crippen LogP contribution in [0.15, 0.2) is 49.9 Å². The van der Waals surface area contributed by atoms with Crippen molar-refractivity contribution in [1.29, 1.82) is 0 Å². The van der Waals surface area contributed by atoms with Crippen LogP contribution in [0, 0.1) is 17.8 Å². The van der Waals surface area contributed by atoms with Crippen LogP contribution < -0.4 is 5.73 Å². The van der Waals surface area contributed by atoms with Gasteiger partial charge in [0.2, 0.25) is 11.8 Å². The summed E-state index contributed by atoms with van der Waals surface area (Å²) >= 11 is 3.14. The van der Waals surface area contributed by atoms with Crippen LogP contribution in [0.5, 0.6) is 0 Å². The van der Waals surface area contributed by atoms with Gasteiger partial charge in [-0.3, -0.25) is 19.2 Å². The summed E-state index contributed by atoms with van der Waals surface area (Å²) in [5.74, 6) is -4.38. The summed E-state index contributed by atoms with van der Waals surface area (Å²) in [4.78, 5) is 63.9. The number of allylic oxidation sites excluding steroid dienone is 6. The van der Waals surface area contributed by atoms with Gasteiger partial charge in [0.05, 0.1) is 22.2 Å². The van der Waals surface area contributed by atoms with Crippen molar-refractivity contribution in [3.63, 3.8) is 0 Å².